The average Bonchev–Trinajstić information content (AvgIpc) is 2.24. The van der Waals surface area contributed by atoms with Crippen LogP contribution in [0.4, 0.5) is 5.95 Å². The van der Waals surface area contributed by atoms with Crippen molar-refractivity contribution in [3.05, 3.63) is 11.8 Å². The van der Waals surface area contributed by atoms with Crippen LogP contribution in [0.1, 0.15) is 32.9 Å². The average molecular weight is 253 g/mol. The fourth-order valence-corrected chi connectivity index (χ4v) is 1.94. The number of aromatic nitrogens is 2. The second kappa shape index (κ2) is 6.00. The lowest BCUT2D eigenvalue weighted by Gasteiger charge is -2.25. The van der Waals surface area contributed by atoms with Gasteiger partial charge in [0.05, 0.1) is 12.7 Å². The highest BCUT2D eigenvalue weighted by Crippen LogP contribution is 2.17. The minimum absolute atomic E-state index is 0.414. The molecule has 5 nitrogen and oxygen atoms in total. The van der Waals surface area contributed by atoms with Crippen molar-refractivity contribution in [1.29, 1.82) is 0 Å². The first-order valence-corrected chi connectivity index (χ1v) is 6.18. The van der Waals surface area contributed by atoms with E-state index in [1.807, 2.05) is 13.8 Å². The Morgan fingerprint density at radius 2 is 2.11 bits per heavy atom. The van der Waals surface area contributed by atoms with Crippen molar-refractivity contribution < 1.29 is 9.84 Å². The third kappa shape index (κ3) is 4.87. The number of ether oxygens (including phenoxy) is 1. The van der Waals surface area contributed by atoms with E-state index in [-0.39, 0.29) is 0 Å². The summed E-state index contributed by atoms with van der Waals surface area (Å²) in [5.74, 6) is 1.44. The SMILES string of the molecule is COc1cc(C)nc(NCC(C)(O)CC(C)C)n1. The van der Waals surface area contributed by atoms with Gasteiger partial charge in [0.25, 0.3) is 0 Å². The lowest BCUT2D eigenvalue weighted by molar-refractivity contribution is 0.0513. The summed E-state index contributed by atoms with van der Waals surface area (Å²) < 4.78 is 5.08. The van der Waals surface area contributed by atoms with Crippen LogP contribution in [0.15, 0.2) is 6.07 Å². The summed E-state index contributed by atoms with van der Waals surface area (Å²) in [5.41, 5.74) is 0.0574. The van der Waals surface area contributed by atoms with E-state index in [0.717, 1.165) is 12.1 Å². The molecule has 2 N–H and O–H groups in total. The van der Waals surface area contributed by atoms with E-state index in [9.17, 15) is 5.11 Å². The molecule has 0 bridgehead atoms. The molecule has 0 aromatic carbocycles. The molecule has 0 amide bonds. The van der Waals surface area contributed by atoms with Gasteiger partial charge in [-0.2, -0.15) is 4.98 Å². The molecular weight excluding hydrogens is 230 g/mol. The molecule has 0 spiro atoms. The van der Waals surface area contributed by atoms with Crippen molar-refractivity contribution >= 4 is 5.95 Å². The summed E-state index contributed by atoms with van der Waals surface area (Å²) in [6, 6.07) is 1.76. The zero-order chi connectivity index (χ0) is 13.8. The lowest BCUT2D eigenvalue weighted by Crippen LogP contribution is -2.35. The monoisotopic (exact) mass is 253 g/mol. The van der Waals surface area contributed by atoms with Crippen LogP contribution in [0.25, 0.3) is 0 Å². The first-order chi connectivity index (χ1) is 8.32. The molecule has 1 aromatic rings. The molecule has 0 saturated carbocycles. The van der Waals surface area contributed by atoms with Gasteiger partial charge in [-0.1, -0.05) is 13.8 Å². The van der Waals surface area contributed by atoms with E-state index in [0.29, 0.717) is 24.3 Å². The molecule has 1 rings (SSSR count). The van der Waals surface area contributed by atoms with E-state index >= 15 is 0 Å². The van der Waals surface area contributed by atoms with Gasteiger partial charge in [0.15, 0.2) is 0 Å². The first-order valence-electron chi connectivity index (χ1n) is 6.18. The molecule has 1 heterocycles. The fraction of sp³-hybridized carbons (Fsp3) is 0.692. The van der Waals surface area contributed by atoms with Crippen LogP contribution in [-0.4, -0.2) is 34.3 Å². The minimum atomic E-state index is -0.769. The zero-order valence-electron chi connectivity index (χ0n) is 11.8. The Balaban J connectivity index is 2.65. The molecule has 0 aliphatic carbocycles. The van der Waals surface area contributed by atoms with Crippen LogP contribution in [0, 0.1) is 12.8 Å². The zero-order valence-corrected chi connectivity index (χ0v) is 11.8. The van der Waals surface area contributed by atoms with Gasteiger partial charge in [-0.3, -0.25) is 0 Å². The largest absolute Gasteiger partial charge is 0.481 e. The van der Waals surface area contributed by atoms with E-state index in [2.05, 4.69) is 29.1 Å². The maximum atomic E-state index is 10.2. The van der Waals surface area contributed by atoms with Gasteiger partial charge in [0.2, 0.25) is 11.8 Å². The highest BCUT2D eigenvalue weighted by Gasteiger charge is 2.22. The Bertz CT molecular complexity index is 392. The van der Waals surface area contributed by atoms with Crippen LogP contribution in [0.5, 0.6) is 5.88 Å². The number of aliphatic hydroxyl groups is 1. The van der Waals surface area contributed by atoms with Crippen molar-refractivity contribution in [2.75, 3.05) is 19.0 Å². The molecule has 102 valence electrons. The molecule has 1 atom stereocenters. The minimum Gasteiger partial charge on any atom is -0.481 e. The topological polar surface area (TPSA) is 67.3 Å². The second-order valence-corrected chi connectivity index (χ2v) is 5.32. The van der Waals surface area contributed by atoms with Crippen molar-refractivity contribution in [3.8, 4) is 5.88 Å². The Hall–Kier alpha value is -1.36. The van der Waals surface area contributed by atoms with Crippen molar-refractivity contribution in [1.82, 2.24) is 9.97 Å². The highest BCUT2D eigenvalue weighted by molar-refractivity contribution is 5.31. The van der Waals surface area contributed by atoms with Crippen LogP contribution in [0.2, 0.25) is 0 Å². The summed E-state index contributed by atoms with van der Waals surface area (Å²) in [6.45, 7) is 8.27. The Morgan fingerprint density at radius 3 is 2.67 bits per heavy atom. The fourth-order valence-electron chi connectivity index (χ4n) is 1.94. The van der Waals surface area contributed by atoms with Crippen LogP contribution < -0.4 is 10.1 Å². The van der Waals surface area contributed by atoms with E-state index in [1.165, 1.54) is 0 Å². The molecule has 0 aliphatic heterocycles. The number of nitrogens with zero attached hydrogens (tertiary/aromatic N) is 2. The number of methoxy groups -OCH3 is 1. The predicted molar refractivity (Wildman–Crippen MR) is 71.9 cm³/mol. The van der Waals surface area contributed by atoms with Crippen molar-refractivity contribution in [2.24, 2.45) is 5.92 Å². The Kier molecular flexibility index (Phi) is 4.90. The molecule has 0 fully saturated rings. The third-order valence-corrected chi connectivity index (χ3v) is 2.52. The normalized spacial score (nSPS) is 14.4. The molecule has 18 heavy (non-hydrogen) atoms. The third-order valence-electron chi connectivity index (χ3n) is 2.52. The van der Waals surface area contributed by atoms with Gasteiger partial charge >= 0.3 is 0 Å². The molecule has 0 aliphatic rings. The van der Waals surface area contributed by atoms with E-state index < -0.39 is 5.60 Å². The molecule has 1 unspecified atom stereocenters. The predicted octanol–water partition coefficient (Wildman–Crippen LogP) is 2.00. The van der Waals surface area contributed by atoms with Crippen molar-refractivity contribution in [2.45, 2.75) is 39.7 Å². The van der Waals surface area contributed by atoms with Gasteiger partial charge in [-0.25, -0.2) is 4.98 Å². The van der Waals surface area contributed by atoms with Gasteiger partial charge < -0.3 is 15.2 Å². The Morgan fingerprint density at radius 1 is 1.44 bits per heavy atom. The maximum absolute atomic E-state index is 10.2. The van der Waals surface area contributed by atoms with Gasteiger partial charge in [0, 0.05) is 18.3 Å². The summed E-state index contributed by atoms with van der Waals surface area (Å²) in [4.78, 5) is 8.43. The van der Waals surface area contributed by atoms with Crippen molar-refractivity contribution in [3.63, 3.8) is 0 Å². The summed E-state index contributed by atoms with van der Waals surface area (Å²) in [7, 11) is 1.57. The van der Waals surface area contributed by atoms with E-state index in [1.54, 1.807) is 13.2 Å². The second-order valence-electron chi connectivity index (χ2n) is 5.32. The number of hydrogen-bond donors (Lipinski definition) is 2. The van der Waals surface area contributed by atoms with E-state index in [4.69, 9.17) is 4.74 Å². The molecule has 5 heteroatoms. The lowest BCUT2D eigenvalue weighted by atomic mass is 9.94. The standard InChI is InChI=1S/C13H23N3O2/c1-9(2)7-13(4,17)8-14-12-15-10(3)6-11(16-12)18-5/h6,9,17H,7-8H2,1-5H3,(H,14,15,16). The summed E-state index contributed by atoms with van der Waals surface area (Å²) in [5, 5.41) is 13.2. The highest BCUT2D eigenvalue weighted by atomic mass is 16.5. The summed E-state index contributed by atoms with van der Waals surface area (Å²) >= 11 is 0. The van der Waals surface area contributed by atoms with Crippen LogP contribution in [0.3, 0.4) is 0 Å². The first kappa shape index (κ1) is 14.7. The molecule has 0 radical (unpaired) electrons. The number of aryl methyl sites for hydroxylation is 1. The number of anilines is 1. The van der Waals surface area contributed by atoms with Gasteiger partial charge in [0.1, 0.15) is 0 Å². The summed E-state index contributed by atoms with van der Waals surface area (Å²) in [6.07, 6.45) is 0.725. The number of nitrogens with one attached hydrogen (secondary N) is 1. The molecule has 0 saturated heterocycles. The molecular formula is C13H23N3O2. The van der Waals surface area contributed by atoms with Gasteiger partial charge in [-0.05, 0) is 26.2 Å². The molecule has 1 aromatic heterocycles. The van der Waals surface area contributed by atoms with Crippen LogP contribution in [-0.2, 0) is 0 Å². The number of rotatable bonds is 6. The number of hydrogen-bond acceptors (Lipinski definition) is 5. The Labute approximate surface area is 109 Å². The van der Waals surface area contributed by atoms with Crippen LogP contribution >= 0.6 is 0 Å². The smallest absolute Gasteiger partial charge is 0.226 e. The van der Waals surface area contributed by atoms with Gasteiger partial charge in [-0.15, -0.1) is 0 Å². The quantitative estimate of drug-likeness (QED) is 0.811. The maximum Gasteiger partial charge on any atom is 0.226 e.